The molecule has 0 bridgehead atoms. The first-order valence-electron chi connectivity index (χ1n) is 14.6. The number of ether oxygens (including phenoxy) is 1. The number of carbonyl (C=O) groups excluding carboxylic acids is 3. The lowest BCUT2D eigenvalue weighted by atomic mass is 9.95. The van der Waals surface area contributed by atoms with E-state index in [1.807, 2.05) is 75.4 Å². The minimum atomic E-state index is -0.766. The van der Waals surface area contributed by atoms with E-state index in [0.717, 1.165) is 36.1 Å². The minimum Gasteiger partial charge on any atom is -0.492 e. The van der Waals surface area contributed by atoms with Crippen molar-refractivity contribution < 1.29 is 19.1 Å². The Bertz CT molecular complexity index is 1110. The Morgan fingerprint density at radius 2 is 1.65 bits per heavy atom. The fraction of sp³-hybridized carbons (Fsp3) is 0.531. The third kappa shape index (κ3) is 8.55. The average molecular weight is 551 g/mol. The summed E-state index contributed by atoms with van der Waals surface area (Å²) < 4.78 is 6.10. The Morgan fingerprint density at radius 3 is 2.35 bits per heavy atom. The van der Waals surface area contributed by atoms with Crippen LogP contribution in [0.1, 0.15) is 51.7 Å². The van der Waals surface area contributed by atoms with E-state index < -0.39 is 18.1 Å². The first-order valence-corrected chi connectivity index (χ1v) is 14.6. The first kappa shape index (κ1) is 31.1. The molecule has 2 aromatic rings. The number of fused-ring (bicyclic) bond motifs is 1. The van der Waals surface area contributed by atoms with E-state index in [-0.39, 0.29) is 29.6 Å². The van der Waals surface area contributed by atoms with E-state index in [9.17, 15) is 14.4 Å². The molecule has 8 heteroatoms. The van der Waals surface area contributed by atoms with Gasteiger partial charge in [-0.1, -0.05) is 82.6 Å². The number of rotatable bonds is 5. The van der Waals surface area contributed by atoms with Gasteiger partial charge in [-0.2, -0.15) is 0 Å². The molecule has 4 atom stereocenters. The van der Waals surface area contributed by atoms with Crippen LogP contribution in [0, 0.1) is 11.8 Å². The van der Waals surface area contributed by atoms with Crippen molar-refractivity contribution in [3.63, 3.8) is 0 Å². The number of para-hydroxylation sites is 1. The molecule has 3 N–H and O–H groups in total. The van der Waals surface area contributed by atoms with Crippen molar-refractivity contribution in [2.45, 2.75) is 71.5 Å². The van der Waals surface area contributed by atoms with Gasteiger partial charge in [-0.25, -0.2) is 0 Å². The number of hydrogen-bond donors (Lipinski definition) is 3. The number of aryl methyl sites for hydroxylation is 1. The summed E-state index contributed by atoms with van der Waals surface area (Å²) in [6.45, 7) is 9.31. The second-order valence-electron chi connectivity index (χ2n) is 11.1. The summed E-state index contributed by atoms with van der Waals surface area (Å²) in [7, 11) is 1.68. The minimum absolute atomic E-state index is 0.0558. The molecule has 40 heavy (non-hydrogen) atoms. The molecule has 8 nitrogen and oxygen atoms in total. The maximum absolute atomic E-state index is 13.8. The topological polar surface area (TPSA) is 99.8 Å². The molecule has 0 aliphatic carbocycles. The third-order valence-corrected chi connectivity index (χ3v) is 7.68. The van der Waals surface area contributed by atoms with Crippen LogP contribution < -0.4 is 20.7 Å². The Balaban J connectivity index is 1.92. The van der Waals surface area contributed by atoms with Gasteiger partial charge in [-0.3, -0.25) is 14.4 Å². The van der Waals surface area contributed by atoms with E-state index >= 15 is 0 Å². The highest BCUT2D eigenvalue weighted by atomic mass is 16.5. The lowest BCUT2D eigenvalue weighted by molar-refractivity contribution is -0.143. The van der Waals surface area contributed by atoms with E-state index in [4.69, 9.17) is 4.74 Å². The van der Waals surface area contributed by atoms with Gasteiger partial charge in [0.05, 0.1) is 6.04 Å². The van der Waals surface area contributed by atoms with Crippen LogP contribution in [0.2, 0.25) is 0 Å². The number of nitrogens with zero attached hydrogens (tertiary/aromatic N) is 1. The van der Waals surface area contributed by atoms with Crippen molar-refractivity contribution in [1.82, 2.24) is 20.9 Å². The molecule has 1 aliphatic rings. The van der Waals surface area contributed by atoms with Gasteiger partial charge in [0, 0.05) is 26.6 Å². The fourth-order valence-electron chi connectivity index (χ4n) is 5.21. The highest BCUT2D eigenvalue weighted by Gasteiger charge is 2.36. The van der Waals surface area contributed by atoms with Crippen molar-refractivity contribution in [3.8, 4) is 5.75 Å². The molecular formula is C32H46N4O4. The van der Waals surface area contributed by atoms with Crippen molar-refractivity contribution >= 4 is 17.7 Å². The first-order chi connectivity index (χ1) is 19.2. The van der Waals surface area contributed by atoms with E-state index in [0.29, 0.717) is 26.1 Å². The van der Waals surface area contributed by atoms with Crippen LogP contribution in [0.3, 0.4) is 0 Å². The highest BCUT2D eigenvalue weighted by Crippen LogP contribution is 2.20. The van der Waals surface area contributed by atoms with Crippen LogP contribution in [0.4, 0.5) is 0 Å². The Labute approximate surface area is 239 Å². The van der Waals surface area contributed by atoms with Crippen LogP contribution >= 0.6 is 0 Å². The van der Waals surface area contributed by atoms with Gasteiger partial charge in [-0.15, -0.1) is 0 Å². The zero-order chi connectivity index (χ0) is 29.1. The molecule has 1 aliphatic heterocycles. The number of carbonyl (C=O) groups is 3. The summed E-state index contributed by atoms with van der Waals surface area (Å²) in [6, 6.07) is 15.6. The van der Waals surface area contributed by atoms with Gasteiger partial charge in [0.2, 0.25) is 17.7 Å². The molecule has 3 rings (SSSR count). The summed E-state index contributed by atoms with van der Waals surface area (Å²) in [5.41, 5.74) is 2.02. The molecule has 0 aromatic heterocycles. The quantitative estimate of drug-likeness (QED) is 0.530. The fourth-order valence-corrected chi connectivity index (χ4v) is 5.21. The second-order valence-corrected chi connectivity index (χ2v) is 11.1. The summed E-state index contributed by atoms with van der Waals surface area (Å²) in [4.78, 5) is 42.4. The highest BCUT2D eigenvalue weighted by molar-refractivity contribution is 5.93. The van der Waals surface area contributed by atoms with Gasteiger partial charge in [0.25, 0.3) is 0 Å². The zero-order valence-electron chi connectivity index (χ0n) is 24.6. The molecule has 0 saturated heterocycles. The Kier molecular flexibility index (Phi) is 12.0. The van der Waals surface area contributed by atoms with Crippen LogP contribution in [-0.4, -0.2) is 67.5 Å². The molecule has 0 radical (unpaired) electrons. The summed E-state index contributed by atoms with van der Waals surface area (Å²) in [5, 5.41) is 9.40. The monoisotopic (exact) mass is 550 g/mol. The molecule has 1 heterocycles. The third-order valence-electron chi connectivity index (χ3n) is 7.68. The molecule has 0 fully saturated rings. The van der Waals surface area contributed by atoms with Gasteiger partial charge in [-0.05, 0) is 41.9 Å². The second kappa shape index (κ2) is 15.4. The largest absolute Gasteiger partial charge is 0.492 e. The number of nitrogens with one attached hydrogen (secondary N) is 3. The Morgan fingerprint density at radius 1 is 0.950 bits per heavy atom. The molecule has 2 aromatic carbocycles. The molecule has 218 valence electrons. The van der Waals surface area contributed by atoms with Crippen molar-refractivity contribution in [2.75, 3.05) is 26.7 Å². The van der Waals surface area contributed by atoms with E-state index in [1.54, 1.807) is 11.9 Å². The Hall–Kier alpha value is -3.39. The summed E-state index contributed by atoms with van der Waals surface area (Å²) in [5.74, 6) is 0.00237. The van der Waals surface area contributed by atoms with Crippen molar-refractivity contribution in [1.29, 1.82) is 0 Å². The number of benzene rings is 2. The number of hydrogen-bond acceptors (Lipinski definition) is 5. The van der Waals surface area contributed by atoms with Crippen LogP contribution in [0.5, 0.6) is 5.75 Å². The average Bonchev–Trinajstić information content (AvgIpc) is 2.94. The lowest BCUT2D eigenvalue weighted by Crippen LogP contribution is -2.59. The van der Waals surface area contributed by atoms with Gasteiger partial charge >= 0.3 is 0 Å². The molecule has 0 saturated carbocycles. The van der Waals surface area contributed by atoms with Crippen LogP contribution in [-0.2, 0) is 27.2 Å². The van der Waals surface area contributed by atoms with Gasteiger partial charge < -0.3 is 25.6 Å². The van der Waals surface area contributed by atoms with Gasteiger partial charge in [0.1, 0.15) is 24.4 Å². The molecule has 3 amide bonds. The number of likely N-dealkylation sites (N-methyl/N-ethyl adjacent to an activating group) is 1. The summed E-state index contributed by atoms with van der Waals surface area (Å²) >= 11 is 0. The van der Waals surface area contributed by atoms with Crippen molar-refractivity contribution in [2.24, 2.45) is 11.8 Å². The van der Waals surface area contributed by atoms with Crippen LogP contribution in [0.25, 0.3) is 0 Å². The number of amides is 3. The predicted octanol–water partition coefficient (Wildman–Crippen LogP) is 3.34. The molecule has 0 spiro atoms. The standard InChI is InChI=1S/C32H46N4O4/c1-6-23(4)28-32(39)36(5)29(22(2)3)31(38)35-26(21-24-13-8-7-9-14-24)30(37)34-18-12-16-25-15-10-11-17-27(25)40-20-19-33-28/h7-11,13-15,17,22-23,26,28-29,33H,6,12,16,18-21H2,1-5H3,(H,34,37)(H,35,38)/t23-,26+,28-,29+/m0/s1. The smallest absolute Gasteiger partial charge is 0.243 e. The predicted molar refractivity (Wildman–Crippen MR) is 158 cm³/mol. The molecular weight excluding hydrogens is 504 g/mol. The zero-order valence-corrected chi connectivity index (χ0v) is 24.6. The SMILES string of the molecule is CC[C@H](C)[C@@H]1NCCOc2ccccc2CCCNC(=O)[C@@H](Cc2ccccc2)NC(=O)[C@@H](C(C)C)N(C)C1=O. The van der Waals surface area contributed by atoms with Crippen LogP contribution in [0.15, 0.2) is 54.6 Å². The maximum Gasteiger partial charge on any atom is 0.243 e. The lowest BCUT2D eigenvalue weighted by Gasteiger charge is -2.35. The molecule has 0 unspecified atom stereocenters. The van der Waals surface area contributed by atoms with E-state index in [2.05, 4.69) is 22.9 Å². The van der Waals surface area contributed by atoms with E-state index in [1.165, 1.54) is 0 Å². The maximum atomic E-state index is 13.8. The normalized spacial score (nSPS) is 22.8. The van der Waals surface area contributed by atoms with Crippen molar-refractivity contribution in [3.05, 3.63) is 65.7 Å². The van der Waals surface area contributed by atoms with Gasteiger partial charge in [0.15, 0.2) is 0 Å². The summed E-state index contributed by atoms with van der Waals surface area (Å²) in [6.07, 6.45) is 2.64.